The quantitative estimate of drug-likeness (QED) is 0.379. The molecule has 0 aliphatic carbocycles. The fourth-order valence-corrected chi connectivity index (χ4v) is 4.89. The number of carboxylic acids is 1. The number of ether oxygens (including phenoxy) is 3. The average Bonchev–Trinajstić information content (AvgIpc) is 3.17. The largest absolute Gasteiger partial charge is 0.507 e. The summed E-state index contributed by atoms with van der Waals surface area (Å²) >= 11 is 0. The summed E-state index contributed by atoms with van der Waals surface area (Å²) < 4.78 is 47.1. The Morgan fingerprint density at radius 1 is 1.08 bits per heavy atom. The van der Waals surface area contributed by atoms with Gasteiger partial charge in [-0.25, -0.2) is 13.6 Å². The van der Waals surface area contributed by atoms with Gasteiger partial charge in [0.2, 0.25) is 0 Å². The first kappa shape index (κ1) is 23.8. The van der Waals surface area contributed by atoms with E-state index in [9.17, 15) is 23.8 Å². The SMILES string of the molecule is COCC1(c2c(-c3ccc(C(=O)O)cc3)c3c(O)cc(F)cc3n2-c2ccc(F)c(OC)c2)COC1. The zero-order chi connectivity index (χ0) is 25.6. The molecule has 186 valence electrons. The van der Waals surface area contributed by atoms with Crippen LogP contribution >= 0.6 is 0 Å². The van der Waals surface area contributed by atoms with E-state index in [-0.39, 0.29) is 23.7 Å². The second-order valence-electron chi connectivity index (χ2n) is 8.79. The molecule has 4 aromatic rings. The molecule has 9 heteroatoms. The first-order chi connectivity index (χ1) is 17.3. The number of hydrogen-bond acceptors (Lipinski definition) is 5. The Balaban J connectivity index is 1.93. The predicted octanol–water partition coefficient (Wildman–Crippen LogP) is 4.90. The first-order valence-electron chi connectivity index (χ1n) is 11.1. The molecule has 1 saturated heterocycles. The minimum Gasteiger partial charge on any atom is -0.507 e. The lowest BCUT2D eigenvalue weighted by molar-refractivity contribution is -0.0938. The molecule has 0 saturated carbocycles. The smallest absolute Gasteiger partial charge is 0.335 e. The lowest BCUT2D eigenvalue weighted by Gasteiger charge is -2.42. The Labute approximate surface area is 205 Å². The van der Waals surface area contributed by atoms with Gasteiger partial charge in [0.25, 0.3) is 0 Å². The summed E-state index contributed by atoms with van der Waals surface area (Å²) in [6.45, 7) is 0.836. The number of carboxylic acid groups (broad SMARTS) is 1. The van der Waals surface area contributed by atoms with E-state index >= 15 is 0 Å². The number of hydrogen-bond donors (Lipinski definition) is 2. The maximum atomic E-state index is 14.7. The third-order valence-corrected chi connectivity index (χ3v) is 6.51. The number of carbonyl (C=O) groups is 1. The highest BCUT2D eigenvalue weighted by molar-refractivity contribution is 6.04. The van der Waals surface area contributed by atoms with Crippen LogP contribution in [0.1, 0.15) is 16.1 Å². The van der Waals surface area contributed by atoms with Crippen molar-refractivity contribution in [2.75, 3.05) is 34.0 Å². The highest BCUT2D eigenvalue weighted by Gasteiger charge is 2.46. The molecule has 1 aliphatic heterocycles. The van der Waals surface area contributed by atoms with Gasteiger partial charge in [0.15, 0.2) is 11.6 Å². The zero-order valence-electron chi connectivity index (χ0n) is 19.5. The van der Waals surface area contributed by atoms with Crippen LogP contribution in [0.2, 0.25) is 0 Å². The number of halogens is 2. The van der Waals surface area contributed by atoms with Crippen molar-refractivity contribution in [3.8, 4) is 28.3 Å². The van der Waals surface area contributed by atoms with E-state index in [1.807, 2.05) is 0 Å². The van der Waals surface area contributed by atoms with Gasteiger partial charge in [-0.3, -0.25) is 0 Å². The van der Waals surface area contributed by atoms with Crippen molar-refractivity contribution in [1.29, 1.82) is 0 Å². The molecule has 3 aromatic carbocycles. The number of fused-ring (bicyclic) bond motifs is 1. The van der Waals surface area contributed by atoms with Crippen molar-refractivity contribution in [1.82, 2.24) is 4.57 Å². The normalized spacial score (nSPS) is 14.6. The molecule has 2 N–H and O–H groups in total. The number of nitrogens with zero attached hydrogens (tertiary/aromatic N) is 1. The molecular formula is C27H23F2NO6. The van der Waals surface area contributed by atoms with Gasteiger partial charge in [-0.05, 0) is 35.9 Å². The van der Waals surface area contributed by atoms with Crippen LogP contribution in [0.25, 0.3) is 27.7 Å². The molecule has 0 atom stereocenters. The monoisotopic (exact) mass is 495 g/mol. The van der Waals surface area contributed by atoms with E-state index in [1.54, 1.807) is 29.9 Å². The van der Waals surface area contributed by atoms with Crippen LogP contribution in [0, 0.1) is 11.6 Å². The van der Waals surface area contributed by atoms with E-state index in [0.717, 1.165) is 6.07 Å². The van der Waals surface area contributed by atoms with Crippen molar-refractivity contribution in [3.63, 3.8) is 0 Å². The number of aromatic carboxylic acids is 1. The first-order valence-corrected chi connectivity index (χ1v) is 11.1. The van der Waals surface area contributed by atoms with Crippen LogP contribution in [0.5, 0.6) is 11.5 Å². The maximum Gasteiger partial charge on any atom is 0.335 e. The fraction of sp³-hybridized carbons (Fsp3) is 0.222. The van der Waals surface area contributed by atoms with Crippen LogP contribution < -0.4 is 4.74 Å². The molecule has 0 amide bonds. The lowest BCUT2D eigenvalue weighted by atomic mass is 9.79. The number of aromatic nitrogens is 1. The van der Waals surface area contributed by atoms with E-state index in [4.69, 9.17) is 14.2 Å². The lowest BCUT2D eigenvalue weighted by Crippen LogP contribution is -2.51. The standard InChI is InChI=1S/C27H23F2NO6/c1-34-12-27(13-36-14-27)25-23(15-3-5-16(6-4-15)26(32)33)24-20(9-17(28)10-21(24)31)30(25)18-7-8-19(29)22(11-18)35-2/h3-11,31H,12-14H2,1-2H3,(H,32,33). The van der Waals surface area contributed by atoms with Crippen LogP contribution in [-0.4, -0.2) is 54.8 Å². The minimum atomic E-state index is -1.07. The Morgan fingerprint density at radius 3 is 2.39 bits per heavy atom. The summed E-state index contributed by atoms with van der Waals surface area (Å²) in [7, 11) is 2.91. The summed E-state index contributed by atoms with van der Waals surface area (Å²) in [5, 5.41) is 20.7. The molecule has 1 fully saturated rings. The number of methoxy groups -OCH3 is 2. The second kappa shape index (κ2) is 8.92. The van der Waals surface area contributed by atoms with Gasteiger partial charge in [-0.15, -0.1) is 0 Å². The molecule has 0 radical (unpaired) electrons. The average molecular weight is 495 g/mol. The number of benzene rings is 3. The van der Waals surface area contributed by atoms with E-state index in [2.05, 4.69) is 0 Å². The molecule has 7 nitrogen and oxygen atoms in total. The number of phenols is 1. The number of phenolic OH excluding ortho intramolecular Hbond substituents is 1. The zero-order valence-corrected chi connectivity index (χ0v) is 19.5. The number of aromatic hydroxyl groups is 1. The molecule has 1 aromatic heterocycles. The summed E-state index contributed by atoms with van der Waals surface area (Å²) in [6.07, 6.45) is 0. The van der Waals surface area contributed by atoms with Crippen LogP contribution in [0.15, 0.2) is 54.6 Å². The Morgan fingerprint density at radius 2 is 1.81 bits per heavy atom. The molecule has 0 spiro atoms. The van der Waals surface area contributed by atoms with Crippen LogP contribution in [-0.2, 0) is 14.9 Å². The third kappa shape index (κ3) is 3.68. The molecule has 1 aliphatic rings. The molecule has 36 heavy (non-hydrogen) atoms. The van der Waals surface area contributed by atoms with Gasteiger partial charge in [0.1, 0.15) is 11.6 Å². The van der Waals surface area contributed by atoms with Crippen molar-refractivity contribution in [3.05, 3.63) is 77.5 Å². The maximum absolute atomic E-state index is 14.7. The topological polar surface area (TPSA) is 90.2 Å². The van der Waals surface area contributed by atoms with Gasteiger partial charge in [0, 0.05) is 36.2 Å². The van der Waals surface area contributed by atoms with Gasteiger partial charge in [-0.2, -0.15) is 0 Å². The van der Waals surface area contributed by atoms with Crippen molar-refractivity contribution >= 4 is 16.9 Å². The molecule has 5 rings (SSSR count). The van der Waals surface area contributed by atoms with Crippen LogP contribution in [0.4, 0.5) is 8.78 Å². The van der Waals surface area contributed by atoms with E-state index < -0.39 is 23.0 Å². The van der Waals surface area contributed by atoms with Crippen molar-refractivity contribution < 1.29 is 38.0 Å². The van der Waals surface area contributed by atoms with Gasteiger partial charge in [0.05, 0.1) is 48.8 Å². The second-order valence-corrected chi connectivity index (χ2v) is 8.79. The van der Waals surface area contributed by atoms with E-state index in [0.29, 0.717) is 46.6 Å². The summed E-state index contributed by atoms with van der Waals surface area (Å²) in [5.74, 6) is -2.58. The molecular weight excluding hydrogens is 472 g/mol. The van der Waals surface area contributed by atoms with Gasteiger partial charge in [-0.1, -0.05) is 12.1 Å². The summed E-state index contributed by atoms with van der Waals surface area (Å²) in [4.78, 5) is 11.4. The predicted molar refractivity (Wildman–Crippen MR) is 128 cm³/mol. The molecule has 0 unspecified atom stereocenters. The Kier molecular flexibility index (Phi) is 5.89. The van der Waals surface area contributed by atoms with E-state index in [1.165, 1.54) is 37.4 Å². The third-order valence-electron chi connectivity index (χ3n) is 6.51. The number of rotatable bonds is 7. The minimum absolute atomic E-state index is 0.000984. The molecule has 0 bridgehead atoms. The fourth-order valence-electron chi connectivity index (χ4n) is 4.89. The van der Waals surface area contributed by atoms with Crippen molar-refractivity contribution in [2.24, 2.45) is 0 Å². The Hall–Kier alpha value is -3.95. The summed E-state index contributed by atoms with van der Waals surface area (Å²) in [5.41, 5.74) is 2.08. The highest BCUT2D eigenvalue weighted by atomic mass is 19.1. The van der Waals surface area contributed by atoms with Crippen LogP contribution in [0.3, 0.4) is 0 Å². The summed E-state index contributed by atoms with van der Waals surface area (Å²) in [6, 6.07) is 12.8. The Bertz CT molecular complexity index is 1470. The van der Waals surface area contributed by atoms with Gasteiger partial charge >= 0.3 is 5.97 Å². The van der Waals surface area contributed by atoms with Gasteiger partial charge < -0.3 is 29.0 Å². The van der Waals surface area contributed by atoms with Crippen molar-refractivity contribution in [2.45, 2.75) is 5.41 Å². The molecule has 2 heterocycles. The highest BCUT2D eigenvalue weighted by Crippen LogP contribution is 2.49.